The van der Waals surface area contributed by atoms with Crippen molar-refractivity contribution in [3.05, 3.63) is 118 Å². The number of aliphatic hydroxyl groups is 3. The van der Waals surface area contributed by atoms with Crippen LogP contribution >= 0.6 is 0 Å². The van der Waals surface area contributed by atoms with E-state index in [2.05, 4.69) is 4.98 Å². The van der Waals surface area contributed by atoms with Gasteiger partial charge in [0.25, 0.3) is 0 Å². The summed E-state index contributed by atoms with van der Waals surface area (Å²) in [4.78, 5) is 16.2. The van der Waals surface area contributed by atoms with Crippen molar-refractivity contribution < 1.29 is 29.5 Å². The molecule has 1 unspecified atom stereocenters. The van der Waals surface area contributed by atoms with E-state index in [-0.39, 0.29) is 5.82 Å². The van der Waals surface area contributed by atoms with Crippen molar-refractivity contribution in [1.29, 1.82) is 0 Å². The van der Waals surface area contributed by atoms with Crippen LogP contribution in [0.4, 0.5) is 5.82 Å². The lowest BCUT2D eigenvalue weighted by Gasteiger charge is -2.42. The predicted molar refractivity (Wildman–Crippen MR) is 147 cm³/mol. The van der Waals surface area contributed by atoms with Crippen LogP contribution in [0.25, 0.3) is 0 Å². The van der Waals surface area contributed by atoms with Gasteiger partial charge in [-0.3, -0.25) is 4.57 Å². The van der Waals surface area contributed by atoms with Gasteiger partial charge in [0.2, 0.25) is 0 Å². The summed E-state index contributed by atoms with van der Waals surface area (Å²) in [7, 11) is 3.13. The van der Waals surface area contributed by atoms with E-state index in [1.807, 2.05) is 54.6 Å². The van der Waals surface area contributed by atoms with Gasteiger partial charge in [-0.05, 0) is 47.0 Å². The highest BCUT2D eigenvalue weighted by Gasteiger charge is 2.55. The Morgan fingerprint density at radius 3 is 1.88 bits per heavy atom. The smallest absolute Gasteiger partial charge is 0.351 e. The third kappa shape index (κ3) is 4.61. The van der Waals surface area contributed by atoms with E-state index in [1.54, 1.807) is 38.5 Å². The minimum atomic E-state index is -1.55. The molecule has 0 amide bonds. The van der Waals surface area contributed by atoms with Crippen molar-refractivity contribution in [1.82, 2.24) is 9.55 Å². The summed E-state index contributed by atoms with van der Waals surface area (Å²) in [6, 6.07) is 25.2. The minimum absolute atomic E-state index is 0.00739. The monoisotopic (exact) mass is 545 g/mol. The highest BCUT2D eigenvalue weighted by Crippen LogP contribution is 2.47. The first-order chi connectivity index (χ1) is 19.3. The van der Waals surface area contributed by atoms with E-state index in [4.69, 9.17) is 19.9 Å². The van der Waals surface area contributed by atoms with Gasteiger partial charge in [0.15, 0.2) is 6.23 Å². The molecule has 5 atom stereocenters. The van der Waals surface area contributed by atoms with Crippen LogP contribution < -0.4 is 20.9 Å². The molecule has 10 nitrogen and oxygen atoms in total. The Hall–Kier alpha value is -4.22. The molecular weight excluding hydrogens is 514 g/mol. The summed E-state index contributed by atoms with van der Waals surface area (Å²) >= 11 is 0. The normalized spacial score (nSPS) is 21.6. The number of methoxy groups -OCH3 is 2. The van der Waals surface area contributed by atoms with Gasteiger partial charge >= 0.3 is 5.69 Å². The number of aromatic nitrogens is 2. The van der Waals surface area contributed by atoms with E-state index in [0.717, 1.165) is 4.57 Å². The van der Waals surface area contributed by atoms with Crippen LogP contribution in [-0.4, -0.2) is 63.5 Å². The maximum atomic E-state index is 12.6. The first-order valence-corrected chi connectivity index (χ1v) is 12.7. The highest BCUT2D eigenvalue weighted by atomic mass is 16.6. The highest BCUT2D eigenvalue weighted by molar-refractivity contribution is 5.54. The lowest BCUT2D eigenvalue weighted by Crippen LogP contribution is -2.52. The van der Waals surface area contributed by atoms with Crippen molar-refractivity contribution in [2.45, 2.75) is 36.1 Å². The molecule has 1 aromatic heterocycles. The van der Waals surface area contributed by atoms with Gasteiger partial charge in [0.05, 0.1) is 19.6 Å². The second-order valence-corrected chi connectivity index (χ2v) is 9.59. The Morgan fingerprint density at radius 2 is 1.38 bits per heavy atom. The lowest BCUT2D eigenvalue weighted by molar-refractivity contribution is -0.0992. The molecule has 0 aliphatic carbocycles. The number of hydrogen-bond donors (Lipinski definition) is 4. The average Bonchev–Trinajstić information content (AvgIpc) is 3.28. The van der Waals surface area contributed by atoms with Gasteiger partial charge < -0.3 is 35.3 Å². The van der Waals surface area contributed by atoms with E-state index < -0.39 is 41.7 Å². The van der Waals surface area contributed by atoms with Gasteiger partial charge in [-0.1, -0.05) is 54.6 Å². The fourth-order valence-corrected chi connectivity index (χ4v) is 5.46. The molecule has 1 fully saturated rings. The van der Waals surface area contributed by atoms with E-state index in [0.29, 0.717) is 28.2 Å². The Balaban J connectivity index is 1.70. The number of ether oxygens (including phenoxy) is 3. The number of aliphatic hydroxyl groups excluding tert-OH is 3. The number of benzene rings is 3. The van der Waals surface area contributed by atoms with Gasteiger partial charge in [0, 0.05) is 6.20 Å². The van der Waals surface area contributed by atoms with Crippen LogP contribution in [0.5, 0.6) is 11.5 Å². The number of rotatable bonds is 8. The predicted octanol–water partition coefficient (Wildman–Crippen LogP) is 1.86. The zero-order chi connectivity index (χ0) is 28.4. The molecule has 4 aromatic rings. The number of nitrogen functional groups attached to an aromatic ring is 1. The lowest BCUT2D eigenvalue weighted by atomic mass is 9.64. The number of hydrogen-bond acceptors (Lipinski definition) is 9. The summed E-state index contributed by atoms with van der Waals surface area (Å²) in [5.74, 6) is 1.25. The molecule has 1 saturated heterocycles. The molecule has 5 rings (SSSR count). The van der Waals surface area contributed by atoms with Crippen LogP contribution in [0.2, 0.25) is 0 Å². The van der Waals surface area contributed by atoms with E-state index >= 15 is 0 Å². The Bertz CT molecular complexity index is 1450. The quantitative estimate of drug-likeness (QED) is 0.243. The second kappa shape index (κ2) is 11.1. The van der Waals surface area contributed by atoms with Crippen molar-refractivity contribution in [2.24, 2.45) is 0 Å². The standard InChI is InChI=1S/C30H31N3O7/c1-38-21-12-8-19(9-13-21)30(18-6-4-3-5-7-18,20-10-14-22(39-2)15-11-20)27(36)26-24(34)25(35)28(40-26)33-17-16-23(31)32-29(33)37/h3-17,24-28,34-36H,1-2H3,(H2,31,32,37)/t24-,25+,26-,27?,28+/m0/s1. The Kier molecular flexibility index (Phi) is 7.59. The van der Waals surface area contributed by atoms with Crippen molar-refractivity contribution >= 4 is 5.82 Å². The second-order valence-electron chi connectivity index (χ2n) is 9.59. The molecule has 10 heteroatoms. The maximum absolute atomic E-state index is 12.6. The van der Waals surface area contributed by atoms with Crippen LogP contribution in [0.3, 0.4) is 0 Å². The number of nitrogens with two attached hydrogens (primary N) is 1. The maximum Gasteiger partial charge on any atom is 0.351 e. The summed E-state index contributed by atoms with van der Waals surface area (Å²) in [5.41, 5.74) is 5.62. The fraction of sp³-hybridized carbons (Fsp3) is 0.267. The largest absolute Gasteiger partial charge is 0.497 e. The molecule has 3 aromatic carbocycles. The summed E-state index contributed by atoms with van der Waals surface area (Å²) in [6.07, 6.45) is -5.85. The topological polar surface area (TPSA) is 149 Å². The number of anilines is 1. The zero-order valence-electron chi connectivity index (χ0n) is 22.0. The van der Waals surface area contributed by atoms with E-state index in [9.17, 15) is 20.1 Å². The first-order valence-electron chi connectivity index (χ1n) is 12.7. The van der Waals surface area contributed by atoms with E-state index in [1.165, 1.54) is 12.3 Å². The van der Waals surface area contributed by atoms with Gasteiger partial charge in [-0.25, -0.2) is 4.79 Å². The molecule has 5 N–H and O–H groups in total. The molecule has 1 aliphatic rings. The van der Waals surface area contributed by atoms with Crippen molar-refractivity contribution in [3.63, 3.8) is 0 Å². The Labute approximate surface area is 230 Å². The first kappa shape index (κ1) is 27.4. The molecule has 0 spiro atoms. The molecule has 208 valence electrons. The van der Waals surface area contributed by atoms with Crippen LogP contribution in [0.15, 0.2) is 95.9 Å². The van der Waals surface area contributed by atoms with Crippen molar-refractivity contribution in [2.75, 3.05) is 20.0 Å². The molecule has 1 aliphatic heterocycles. The van der Waals surface area contributed by atoms with Crippen molar-refractivity contribution in [3.8, 4) is 11.5 Å². The van der Waals surface area contributed by atoms with Gasteiger partial charge in [0.1, 0.15) is 41.7 Å². The summed E-state index contributed by atoms with van der Waals surface area (Å²) in [5, 5.41) is 34.6. The molecule has 0 saturated carbocycles. The van der Waals surface area contributed by atoms with Gasteiger partial charge in [-0.15, -0.1) is 0 Å². The average molecular weight is 546 g/mol. The Morgan fingerprint density at radius 1 is 0.850 bits per heavy atom. The molecule has 40 heavy (non-hydrogen) atoms. The third-order valence-electron chi connectivity index (χ3n) is 7.48. The third-order valence-corrected chi connectivity index (χ3v) is 7.48. The zero-order valence-corrected chi connectivity index (χ0v) is 22.0. The minimum Gasteiger partial charge on any atom is -0.497 e. The summed E-state index contributed by atoms with van der Waals surface area (Å²) in [6.45, 7) is 0. The summed E-state index contributed by atoms with van der Waals surface area (Å²) < 4.78 is 17.9. The van der Waals surface area contributed by atoms with Crippen LogP contribution in [0.1, 0.15) is 22.9 Å². The van der Waals surface area contributed by atoms with Crippen LogP contribution in [0, 0.1) is 0 Å². The molecular formula is C30H31N3O7. The van der Waals surface area contributed by atoms with Gasteiger partial charge in [-0.2, -0.15) is 4.98 Å². The SMILES string of the molecule is COc1ccc(C(c2ccccc2)(c2ccc(OC)cc2)C(O)[C@H]2O[C@@H](n3ccc(N)nc3=O)[C@H](O)[C@@H]2O)cc1. The number of nitrogens with zero attached hydrogens (tertiary/aromatic N) is 2. The fourth-order valence-electron chi connectivity index (χ4n) is 5.46. The molecule has 0 radical (unpaired) electrons. The van der Waals surface area contributed by atoms with Crippen LogP contribution in [-0.2, 0) is 10.2 Å². The molecule has 0 bridgehead atoms. The molecule has 2 heterocycles.